The van der Waals surface area contributed by atoms with Gasteiger partial charge in [-0.1, -0.05) is 55.3 Å². The van der Waals surface area contributed by atoms with Crippen LogP contribution in [0, 0.1) is 19.7 Å². The van der Waals surface area contributed by atoms with E-state index in [0.29, 0.717) is 11.5 Å². The van der Waals surface area contributed by atoms with Crippen LogP contribution < -0.4 is 4.57 Å². The maximum Gasteiger partial charge on any atom is 0.220 e. The van der Waals surface area contributed by atoms with Gasteiger partial charge in [-0.05, 0) is 66.0 Å². The van der Waals surface area contributed by atoms with Gasteiger partial charge in [0.25, 0.3) is 0 Å². The van der Waals surface area contributed by atoms with Gasteiger partial charge in [0, 0.05) is 18.6 Å². The zero-order valence-corrected chi connectivity index (χ0v) is 18.6. The van der Waals surface area contributed by atoms with Gasteiger partial charge in [-0.3, -0.25) is 0 Å². The Morgan fingerprint density at radius 3 is 2.32 bits per heavy atom. The third-order valence-electron chi connectivity index (χ3n) is 7.04. The second kappa shape index (κ2) is 7.92. The summed E-state index contributed by atoms with van der Waals surface area (Å²) in [7, 11) is 2.11. The molecule has 5 rings (SSSR count). The van der Waals surface area contributed by atoms with Crippen LogP contribution >= 0.6 is 0 Å². The van der Waals surface area contributed by atoms with E-state index in [1.807, 2.05) is 43.3 Å². The van der Waals surface area contributed by atoms with Crippen molar-refractivity contribution in [2.75, 3.05) is 0 Å². The fourth-order valence-electron chi connectivity index (χ4n) is 5.20. The Morgan fingerprint density at radius 2 is 1.58 bits per heavy atom. The Bertz CT molecular complexity index is 1270. The molecule has 1 aliphatic carbocycles. The van der Waals surface area contributed by atoms with Gasteiger partial charge in [0.2, 0.25) is 5.69 Å². The topological polar surface area (TPSA) is 3.88 Å². The summed E-state index contributed by atoms with van der Waals surface area (Å²) < 4.78 is 17.2. The molecule has 0 N–H and O–H groups in total. The quantitative estimate of drug-likeness (QED) is 0.310. The number of pyridine rings is 1. The summed E-state index contributed by atoms with van der Waals surface area (Å²) in [6.45, 7) is 4.16. The molecular formula is C29H29FN+. The number of nitrogens with zero attached hydrogens (tertiary/aromatic N) is 1. The van der Waals surface area contributed by atoms with Crippen LogP contribution in [0.15, 0.2) is 66.7 Å². The van der Waals surface area contributed by atoms with Crippen LogP contribution in [-0.4, -0.2) is 0 Å². The van der Waals surface area contributed by atoms with Gasteiger partial charge < -0.3 is 0 Å². The summed E-state index contributed by atoms with van der Waals surface area (Å²) in [6.07, 6.45) is 5.28. The minimum Gasteiger partial charge on any atom is -0.206 e. The van der Waals surface area contributed by atoms with Crippen LogP contribution in [0.1, 0.15) is 48.4 Å². The van der Waals surface area contributed by atoms with E-state index in [-0.39, 0.29) is 5.82 Å². The lowest BCUT2D eigenvalue weighted by molar-refractivity contribution is -0.665. The van der Waals surface area contributed by atoms with E-state index in [1.54, 1.807) is 6.07 Å². The van der Waals surface area contributed by atoms with Gasteiger partial charge in [0.15, 0.2) is 5.69 Å². The number of hydrogen-bond donors (Lipinski definition) is 0. The number of aryl methyl sites for hydroxylation is 2. The van der Waals surface area contributed by atoms with Crippen LogP contribution in [0.5, 0.6) is 0 Å². The second-order valence-corrected chi connectivity index (χ2v) is 9.03. The van der Waals surface area contributed by atoms with E-state index >= 15 is 0 Å². The molecule has 2 heteroatoms. The smallest absolute Gasteiger partial charge is 0.206 e. The molecule has 1 aliphatic rings. The molecule has 0 saturated heterocycles. The summed E-state index contributed by atoms with van der Waals surface area (Å²) >= 11 is 0. The lowest BCUT2D eigenvalue weighted by atomic mass is 9.91. The van der Waals surface area contributed by atoms with E-state index in [0.717, 1.165) is 22.4 Å². The number of aromatic nitrogens is 1. The van der Waals surface area contributed by atoms with Crippen molar-refractivity contribution < 1.29 is 8.96 Å². The molecule has 1 fully saturated rings. The predicted octanol–water partition coefficient (Wildman–Crippen LogP) is 7.41. The Labute approximate surface area is 184 Å². The third kappa shape index (κ3) is 3.54. The summed E-state index contributed by atoms with van der Waals surface area (Å²) in [4.78, 5) is 0. The minimum atomic E-state index is -0.171. The molecule has 31 heavy (non-hydrogen) atoms. The zero-order chi connectivity index (χ0) is 21.5. The average molecular weight is 411 g/mol. The Hall–Kier alpha value is -3.00. The van der Waals surface area contributed by atoms with E-state index in [9.17, 15) is 4.39 Å². The molecule has 1 saturated carbocycles. The largest absolute Gasteiger partial charge is 0.220 e. The first-order valence-electron chi connectivity index (χ1n) is 11.3. The highest BCUT2D eigenvalue weighted by Gasteiger charge is 2.23. The van der Waals surface area contributed by atoms with E-state index in [1.165, 1.54) is 47.7 Å². The molecule has 0 bridgehead atoms. The normalized spacial score (nSPS) is 14.5. The monoisotopic (exact) mass is 410 g/mol. The van der Waals surface area contributed by atoms with Gasteiger partial charge in [-0.25, -0.2) is 4.39 Å². The number of fused-ring (bicyclic) bond motifs is 1. The van der Waals surface area contributed by atoms with Crippen LogP contribution in [0.4, 0.5) is 4.39 Å². The summed E-state index contributed by atoms with van der Waals surface area (Å²) in [6, 6.07) is 22.8. The van der Waals surface area contributed by atoms with Crippen LogP contribution in [0.25, 0.3) is 33.2 Å². The molecule has 0 aliphatic heterocycles. The van der Waals surface area contributed by atoms with Crippen LogP contribution in [0.2, 0.25) is 0 Å². The van der Waals surface area contributed by atoms with Crippen molar-refractivity contribution >= 4 is 10.8 Å². The van der Waals surface area contributed by atoms with Crippen molar-refractivity contribution in [1.29, 1.82) is 0 Å². The molecule has 1 aromatic heterocycles. The fourth-order valence-corrected chi connectivity index (χ4v) is 5.20. The highest BCUT2D eigenvalue weighted by atomic mass is 19.1. The summed E-state index contributed by atoms with van der Waals surface area (Å²) in [5, 5.41) is 2.50. The molecule has 1 nitrogen and oxygen atoms in total. The lowest BCUT2D eigenvalue weighted by Crippen LogP contribution is -2.35. The molecule has 3 aromatic carbocycles. The maximum absolute atomic E-state index is 14.9. The Kier molecular flexibility index (Phi) is 5.09. The minimum absolute atomic E-state index is 0.171. The van der Waals surface area contributed by atoms with Crippen molar-refractivity contribution in [3.63, 3.8) is 0 Å². The SMILES string of the molecule is Cc1cc(F)c(-c2ccccc2)cc1-c1c2ccc(C3CCCC3)cc2cc(C)[n+]1C. The Morgan fingerprint density at radius 1 is 0.839 bits per heavy atom. The first-order valence-corrected chi connectivity index (χ1v) is 11.3. The van der Waals surface area contributed by atoms with E-state index in [4.69, 9.17) is 0 Å². The van der Waals surface area contributed by atoms with Crippen molar-refractivity contribution in [2.24, 2.45) is 7.05 Å². The van der Waals surface area contributed by atoms with Gasteiger partial charge in [0.05, 0.1) is 10.9 Å². The van der Waals surface area contributed by atoms with E-state index < -0.39 is 0 Å². The predicted molar refractivity (Wildman–Crippen MR) is 127 cm³/mol. The molecule has 0 amide bonds. The third-order valence-corrected chi connectivity index (χ3v) is 7.04. The van der Waals surface area contributed by atoms with Crippen LogP contribution in [0.3, 0.4) is 0 Å². The molecule has 0 radical (unpaired) electrons. The lowest BCUT2D eigenvalue weighted by Gasteiger charge is -2.15. The van der Waals surface area contributed by atoms with Crippen LogP contribution in [-0.2, 0) is 7.05 Å². The molecule has 156 valence electrons. The number of hydrogen-bond acceptors (Lipinski definition) is 0. The van der Waals surface area contributed by atoms with Crippen molar-refractivity contribution in [1.82, 2.24) is 0 Å². The number of benzene rings is 3. The van der Waals surface area contributed by atoms with Gasteiger partial charge >= 0.3 is 0 Å². The molecule has 0 unspecified atom stereocenters. The first kappa shape index (κ1) is 19.9. The average Bonchev–Trinajstić information content (AvgIpc) is 3.31. The second-order valence-electron chi connectivity index (χ2n) is 9.03. The first-order chi connectivity index (χ1) is 15.0. The number of halogens is 1. The summed E-state index contributed by atoms with van der Waals surface area (Å²) in [5.41, 5.74) is 7.43. The Balaban J connectivity index is 1.73. The molecule has 1 heterocycles. The molecule has 0 spiro atoms. The zero-order valence-electron chi connectivity index (χ0n) is 18.6. The summed E-state index contributed by atoms with van der Waals surface area (Å²) in [5.74, 6) is 0.523. The standard InChI is InChI=1S/C29H29FN/c1-19-15-28(30)27(22-11-5-4-6-12-22)18-26(19)29-25-14-13-23(21-9-7-8-10-21)17-24(25)16-20(2)31(29)3/h4-6,11-18,21H,7-10H2,1-3H3/q+1. The fraction of sp³-hybridized carbons (Fsp3) is 0.276. The van der Waals surface area contributed by atoms with Crippen molar-refractivity contribution in [3.8, 4) is 22.4 Å². The van der Waals surface area contributed by atoms with Gasteiger partial charge in [-0.15, -0.1) is 0 Å². The molecule has 0 atom stereocenters. The highest BCUT2D eigenvalue weighted by Crippen LogP contribution is 2.38. The number of rotatable bonds is 3. The molecular weight excluding hydrogens is 381 g/mol. The van der Waals surface area contributed by atoms with E-state index in [2.05, 4.69) is 42.8 Å². The van der Waals surface area contributed by atoms with Gasteiger partial charge in [0.1, 0.15) is 12.9 Å². The van der Waals surface area contributed by atoms with Gasteiger partial charge in [-0.2, -0.15) is 4.57 Å². The molecule has 4 aromatic rings. The maximum atomic E-state index is 14.9. The highest BCUT2D eigenvalue weighted by molar-refractivity contribution is 5.95. The van der Waals surface area contributed by atoms with Crippen molar-refractivity contribution in [2.45, 2.75) is 45.4 Å². The van der Waals surface area contributed by atoms with Crippen molar-refractivity contribution in [3.05, 3.63) is 89.4 Å².